The van der Waals surface area contributed by atoms with Gasteiger partial charge in [0.2, 0.25) is 5.91 Å². The molecule has 0 N–H and O–H groups in total. The second kappa shape index (κ2) is 9.83. The lowest BCUT2D eigenvalue weighted by Gasteiger charge is -2.36. The monoisotopic (exact) mass is 434 g/mol. The number of carbonyl (C=O) groups excluding carboxylic acids is 1. The van der Waals surface area contributed by atoms with Crippen molar-refractivity contribution in [3.05, 3.63) is 72.1 Å². The number of nitrogens with zero attached hydrogens (tertiary/aromatic N) is 4. The van der Waals surface area contributed by atoms with Gasteiger partial charge in [-0.25, -0.2) is 9.97 Å². The maximum Gasteiger partial charge on any atom is 0.252 e. The zero-order valence-corrected chi connectivity index (χ0v) is 18.6. The quantitative estimate of drug-likeness (QED) is 0.539. The minimum absolute atomic E-state index is 0.112. The van der Waals surface area contributed by atoms with Crippen molar-refractivity contribution in [3.8, 4) is 11.6 Å². The minimum Gasteiger partial charge on any atom is -0.436 e. The predicted molar refractivity (Wildman–Crippen MR) is 124 cm³/mol. The number of carbonyl (C=O) groups is 1. The normalized spacial score (nSPS) is 13.9. The molecule has 1 fully saturated rings. The molecule has 0 spiro atoms. The Bertz CT molecular complexity index is 1030. The van der Waals surface area contributed by atoms with Crippen LogP contribution >= 0.6 is 11.8 Å². The summed E-state index contributed by atoms with van der Waals surface area (Å²) in [7, 11) is 0. The van der Waals surface area contributed by atoms with Crippen LogP contribution in [0.4, 0.5) is 5.69 Å². The first kappa shape index (κ1) is 21.2. The number of hydrogen-bond acceptors (Lipinski definition) is 6. The molecule has 0 aliphatic carbocycles. The zero-order valence-electron chi connectivity index (χ0n) is 17.8. The number of thioether (sulfide) groups is 1. The van der Waals surface area contributed by atoms with Gasteiger partial charge in [0.1, 0.15) is 5.75 Å². The fraction of sp³-hybridized carbons (Fsp3) is 0.292. The number of aryl methyl sites for hydroxylation is 2. The number of hydrogen-bond donors (Lipinski definition) is 0. The Kier molecular flexibility index (Phi) is 6.72. The summed E-state index contributed by atoms with van der Waals surface area (Å²) in [5, 5.41) is 0.623. The number of ether oxygens (including phenoxy) is 1. The lowest BCUT2D eigenvalue weighted by atomic mass is 10.2. The number of aromatic nitrogens is 2. The van der Waals surface area contributed by atoms with Crippen LogP contribution in [0, 0.1) is 13.8 Å². The van der Waals surface area contributed by atoms with Crippen molar-refractivity contribution < 1.29 is 9.53 Å². The van der Waals surface area contributed by atoms with Gasteiger partial charge >= 0.3 is 0 Å². The van der Waals surface area contributed by atoms with Gasteiger partial charge in [-0.05, 0) is 37.6 Å². The van der Waals surface area contributed by atoms with Gasteiger partial charge in [0.05, 0.1) is 5.75 Å². The molecule has 160 valence electrons. The third-order valence-corrected chi connectivity index (χ3v) is 6.24. The number of para-hydroxylation sites is 1. The molecule has 7 heteroatoms. The van der Waals surface area contributed by atoms with Crippen molar-refractivity contribution in [3.63, 3.8) is 0 Å². The Labute approximate surface area is 187 Å². The summed E-state index contributed by atoms with van der Waals surface area (Å²) in [6, 6.07) is 16.3. The van der Waals surface area contributed by atoms with E-state index in [2.05, 4.69) is 46.1 Å². The maximum atomic E-state index is 12.8. The summed E-state index contributed by atoms with van der Waals surface area (Å²) in [4.78, 5) is 25.7. The molecule has 4 rings (SSSR count). The molecule has 2 heterocycles. The van der Waals surface area contributed by atoms with Crippen LogP contribution in [0.25, 0.3) is 0 Å². The first-order valence-corrected chi connectivity index (χ1v) is 11.4. The van der Waals surface area contributed by atoms with Crippen molar-refractivity contribution in [2.45, 2.75) is 18.9 Å². The van der Waals surface area contributed by atoms with Crippen molar-refractivity contribution in [2.24, 2.45) is 0 Å². The van der Waals surface area contributed by atoms with Gasteiger partial charge in [-0.3, -0.25) is 4.79 Å². The van der Waals surface area contributed by atoms with Gasteiger partial charge in [-0.15, -0.1) is 0 Å². The molecule has 1 amide bonds. The largest absolute Gasteiger partial charge is 0.436 e. The molecule has 0 radical (unpaired) electrons. The Morgan fingerprint density at radius 1 is 0.968 bits per heavy atom. The second-order valence-electron chi connectivity index (χ2n) is 7.53. The van der Waals surface area contributed by atoms with E-state index in [1.54, 1.807) is 12.4 Å². The van der Waals surface area contributed by atoms with Crippen LogP contribution in [0.5, 0.6) is 11.6 Å². The van der Waals surface area contributed by atoms with Crippen molar-refractivity contribution in [1.82, 2.24) is 14.9 Å². The van der Waals surface area contributed by atoms with Crippen LogP contribution < -0.4 is 9.64 Å². The minimum atomic E-state index is 0.112. The summed E-state index contributed by atoms with van der Waals surface area (Å²) in [6.07, 6.45) is 3.22. The molecule has 3 aromatic rings. The van der Waals surface area contributed by atoms with Crippen LogP contribution in [0.1, 0.15) is 11.1 Å². The van der Waals surface area contributed by atoms with E-state index >= 15 is 0 Å². The fourth-order valence-corrected chi connectivity index (χ4v) is 4.24. The van der Waals surface area contributed by atoms with Gasteiger partial charge in [0, 0.05) is 44.3 Å². The van der Waals surface area contributed by atoms with Crippen LogP contribution in [0.3, 0.4) is 0 Å². The Hall–Kier alpha value is -3.06. The van der Waals surface area contributed by atoms with E-state index in [-0.39, 0.29) is 5.91 Å². The van der Waals surface area contributed by atoms with E-state index in [1.807, 2.05) is 36.1 Å². The first-order chi connectivity index (χ1) is 15.1. The smallest absolute Gasteiger partial charge is 0.252 e. The lowest BCUT2D eigenvalue weighted by Crippen LogP contribution is -2.49. The average molecular weight is 435 g/mol. The highest BCUT2D eigenvalue weighted by atomic mass is 32.2. The molecule has 1 saturated heterocycles. The zero-order chi connectivity index (χ0) is 21.6. The van der Waals surface area contributed by atoms with Gasteiger partial charge < -0.3 is 14.5 Å². The van der Waals surface area contributed by atoms with Crippen molar-refractivity contribution >= 4 is 23.4 Å². The summed E-state index contributed by atoms with van der Waals surface area (Å²) in [5.41, 5.74) is 3.49. The number of rotatable bonds is 6. The number of anilines is 1. The topological polar surface area (TPSA) is 58.6 Å². The molecule has 6 nitrogen and oxygen atoms in total. The molecule has 0 bridgehead atoms. The molecule has 2 aromatic carbocycles. The van der Waals surface area contributed by atoms with Crippen molar-refractivity contribution in [1.29, 1.82) is 0 Å². The van der Waals surface area contributed by atoms with Gasteiger partial charge in [0.25, 0.3) is 5.88 Å². The number of amides is 1. The highest BCUT2D eigenvalue weighted by Gasteiger charge is 2.22. The van der Waals surface area contributed by atoms with E-state index in [4.69, 9.17) is 4.74 Å². The molecular weight excluding hydrogens is 408 g/mol. The summed E-state index contributed by atoms with van der Waals surface area (Å²) in [6.45, 7) is 7.20. The molecular formula is C24H26N4O2S. The SMILES string of the molecule is Cc1ccc(N2CCN(C(=O)CSc3nccnc3Oc3ccccc3C)CC2)cc1. The summed E-state index contributed by atoms with van der Waals surface area (Å²) < 4.78 is 5.96. The lowest BCUT2D eigenvalue weighted by molar-refractivity contribution is -0.128. The van der Waals surface area contributed by atoms with Crippen LogP contribution in [0.2, 0.25) is 0 Å². The highest BCUT2D eigenvalue weighted by Crippen LogP contribution is 2.30. The molecule has 0 saturated carbocycles. The predicted octanol–water partition coefficient (Wildman–Crippen LogP) is 4.33. The van der Waals surface area contributed by atoms with E-state index in [1.165, 1.54) is 23.0 Å². The van der Waals surface area contributed by atoms with Crippen LogP contribution in [-0.2, 0) is 4.79 Å². The Balaban J connectivity index is 1.32. The van der Waals surface area contributed by atoms with Crippen molar-refractivity contribution in [2.75, 3.05) is 36.8 Å². The average Bonchev–Trinajstić information content (AvgIpc) is 2.80. The highest BCUT2D eigenvalue weighted by molar-refractivity contribution is 8.00. The fourth-order valence-electron chi connectivity index (χ4n) is 3.45. The molecule has 1 aliphatic rings. The third kappa shape index (κ3) is 5.35. The number of benzene rings is 2. The second-order valence-corrected chi connectivity index (χ2v) is 8.49. The molecule has 31 heavy (non-hydrogen) atoms. The van der Waals surface area contributed by atoms with E-state index in [9.17, 15) is 4.79 Å². The third-order valence-electron chi connectivity index (χ3n) is 5.30. The van der Waals surface area contributed by atoms with Gasteiger partial charge in [0.15, 0.2) is 5.03 Å². The van der Waals surface area contributed by atoms with Gasteiger partial charge in [-0.1, -0.05) is 47.7 Å². The summed E-state index contributed by atoms with van der Waals surface area (Å²) in [5.74, 6) is 1.59. The first-order valence-electron chi connectivity index (χ1n) is 10.4. The maximum absolute atomic E-state index is 12.8. The molecule has 1 aliphatic heterocycles. The number of piperazine rings is 1. The van der Waals surface area contributed by atoms with Gasteiger partial charge in [-0.2, -0.15) is 0 Å². The Morgan fingerprint density at radius 2 is 1.68 bits per heavy atom. The molecule has 1 aromatic heterocycles. The van der Waals surface area contributed by atoms with E-state index in [0.717, 1.165) is 37.5 Å². The van der Waals surface area contributed by atoms with E-state index in [0.29, 0.717) is 16.7 Å². The van der Waals surface area contributed by atoms with Crippen LogP contribution in [-0.4, -0.2) is 52.7 Å². The summed E-state index contributed by atoms with van der Waals surface area (Å²) >= 11 is 1.37. The molecule has 0 unspecified atom stereocenters. The Morgan fingerprint density at radius 3 is 2.42 bits per heavy atom. The van der Waals surface area contributed by atoms with E-state index < -0.39 is 0 Å². The van der Waals surface area contributed by atoms with Crippen LogP contribution in [0.15, 0.2) is 66.0 Å². The standard InChI is InChI=1S/C24H26N4O2S/c1-18-7-9-20(10-8-18)27-13-15-28(16-14-27)22(29)17-31-24-23(25-11-12-26-24)30-21-6-4-3-5-19(21)2/h3-12H,13-17H2,1-2H3. The molecule has 0 atom stereocenters.